The van der Waals surface area contributed by atoms with Crippen molar-refractivity contribution < 1.29 is 13.0 Å². The van der Waals surface area contributed by atoms with Crippen LogP contribution in [0, 0.1) is 0 Å². The Morgan fingerprint density at radius 1 is 1.06 bits per heavy atom. The fraction of sp³-hybridized carbons (Fsp3) is 0.571. The lowest BCUT2D eigenvalue weighted by Gasteiger charge is -2.19. The molecule has 0 saturated heterocycles. The third-order valence-corrected chi connectivity index (χ3v) is 4.10. The Morgan fingerprint density at radius 2 is 1.44 bits per heavy atom. The van der Waals surface area contributed by atoms with E-state index >= 15 is 0 Å². The van der Waals surface area contributed by atoms with E-state index in [2.05, 4.69) is 0 Å². The Morgan fingerprint density at radius 3 is 1.67 bits per heavy atom. The van der Waals surface area contributed by atoms with Crippen molar-refractivity contribution in [3.63, 3.8) is 0 Å². The highest BCUT2D eigenvalue weighted by Crippen LogP contribution is 2.32. The summed E-state index contributed by atoms with van der Waals surface area (Å²) in [5, 5.41) is 0. The maximum atomic E-state index is 11.6. The van der Waals surface area contributed by atoms with Gasteiger partial charge in [-0.3, -0.25) is 4.55 Å². The second-order valence-electron chi connectivity index (χ2n) is 5.24. The molecule has 0 aliphatic heterocycles. The van der Waals surface area contributed by atoms with Gasteiger partial charge < -0.3 is 0 Å². The summed E-state index contributed by atoms with van der Waals surface area (Å²) in [7, 11) is -4.18. The van der Waals surface area contributed by atoms with Crippen molar-refractivity contribution in [1.29, 1.82) is 0 Å². The third kappa shape index (κ3) is 3.12. The van der Waals surface area contributed by atoms with Gasteiger partial charge >= 0.3 is 0 Å². The van der Waals surface area contributed by atoms with Crippen molar-refractivity contribution in [3.8, 4) is 0 Å². The molecular weight excluding hydrogens is 248 g/mol. The summed E-state index contributed by atoms with van der Waals surface area (Å²) < 4.78 is 32.8. The minimum atomic E-state index is -4.18. The zero-order valence-electron chi connectivity index (χ0n) is 11.7. The van der Waals surface area contributed by atoms with E-state index in [9.17, 15) is 13.0 Å². The molecule has 0 heterocycles. The van der Waals surface area contributed by atoms with E-state index < -0.39 is 10.1 Å². The summed E-state index contributed by atoms with van der Waals surface area (Å²) in [6.07, 6.45) is 0.852. The van der Waals surface area contributed by atoms with Gasteiger partial charge in [-0.1, -0.05) is 46.8 Å². The van der Waals surface area contributed by atoms with Crippen LogP contribution in [0.15, 0.2) is 17.0 Å². The first-order valence-corrected chi connectivity index (χ1v) is 7.76. The molecule has 1 aromatic carbocycles. The third-order valence-electron chi connectivity index (χ3n) is 3.12. The maximum absolute atomic E-state index is 11.6. The van der Waals surface area contributed by atoms with Gasteiger partial charge in [-0.25, -0.2) is 0 Å². The highest BCUT2D eigenvalue weighted by Gasteiger charge is 2.24. The normalized spacial score (nSPS) is 12.4. The average molecular weight is 270 g/mol. The molecule has 0 unspecified atom stereocenters. The smallest absolute Gasteiger partial charge is 0.282 e. The molecule has 0 radical (unpaired) electrons. The van der Waals surface area contributed by atoms with Crippen molar-refractivity contribution in [2.45, 2.75) is 57.8 Å². The summed E-state index contributed by atoms with van der Waals surface area (Å²) in [6.45, 7) is 9.79. The van der Waals surface area contributed by atoms with E-state index in [1.807, 2.05) is 46.8 Å². The van der Waals surface area contributed by atoms with Crippen LogP contribution in [-0.4, -0.2) is 13.0 Å². The molecular formula is C14H22O3S. The number of rotatable bonds is 4. The Bertz CT molecular complexity index is 499. The summed E-state index contributed by atoms with van der Waals surface area (Å²) in [5.74, 6) is 0.122. The Labute approximate surface area is 110 Å². The van der Waals surface area contributed by atoms with Crippen molar-refractivity contribution in [1.82, 2.24) is 0 Å². The van der Waals surface area contributed by atoms with Gasteiger partial charge in [0.1, 0.15) is 4.90 Å². The van der Waals surface area contributed by atoms with Crippen molar-refractivity contribution in [3.05, 3.63) is 28.8 Å². The van der Waals surface area contributed by atoms with Crippen LogP contribution in [0.2, 0.25) is 0 Å². The number of aryl methyl sites for hydroxylation is 1. The molecule has 0 amide bonds. The van der Waals surface area contributed by atoms with Gasteiger partial charge in [0.15, 0.2) is 0 Å². The zero-order valence-corrected chi connectivity index (χ0v) is 12.5. The molecule has 1 rings (SSSR count). The molecule has 0 saturated carbocycles. The quantitative estimate of drug-likeness (QED) is 0.848. The van der Waals surface area contributed by atoms with Crippen LogP contribution in [-0.2, 0) is 16.5 Å². The van der Waals surface area contributed by atoms with Crippen LogP contribution in [0.3, 0.4) is 0 Å². The van der Waals surface area contributed by atoms with E-state index in [-0.39, 0.29) is 16.7 Å². The molecule has 0 bridgehead atoms. The van der Waals surface area contributed by atoms with Gasteiger partial charge in [0.25, 0.3) is 10.1 Å². The van der Waals surface area contributed by atoms with Crippen LogP contribution in [0.25, 0.3) is 0 Å². The van der Waals surface area contributed by atoms with Crippen LogP contribution in [0.4, 0.5) is 0 Å². The average Bonchev–Trinajstić information content (AvgIpc) is 2.25. The monoisotopic (exact) mass is 270 g/mol. The zero-order chi connectivity index (χ0) is 14.1. The summed E-state index contributed by atoms with van der Waals surface area (Å²) in [6, 6.07) is 3.78. The predicted molar refractivity (Wildman–Crippen MR) is 73.8 cm³/mol. The van der Waals surface area contributed by atoms with Gasteiger partial charge in [0.2, 0.25) is 0 Å². The lowest BCUT2D eigenvalue weighted by molar-refractivity contribution is 0.479. The predicted octanol–water partition coefficient (Wildman–Crippen LogP) is 3.74. The molecule has 18 heavy (non-hydrogen) atoms. The molecule has 102 valence electrons. The van der Waals surface area contributed by atoms with Crippen LogP contribution in [0.5, 0.6) is 0 Å². The highest BCUT2D eigenvalue weighted by atomic mass is 32.2. The second kappa shape index (κ2) is 5.41. The lowest BCUT2D eigenvalue weighted by atomic mass is 9.92. The molecule has 4 heteroatoms. The summed E-state index contributed by atoms with van der Waals surface area (Å²) in [4.78, 5) is 0.102. The first-order valence-electron chi connectivity index (χ1n) is 6.32. The molecule has 0 aliphatic rings. The molecule has 0 aliphatic carbocycles. The Kier molecular flexibility index (Phi) is 4.56. The lowest BCUT2D eigenvalue weighted by Crippen LogP contribution is -2.11. The van der Waals surface area contributed by atoms with Gasteiger partial charge in [-0.2, -0.15) is 8.42 Å². The van der Waals surface area contributed by atoms with E-state index in [1.54, 1.807) is 0 Å². The number of hydrogen-bond donors (Lipinski definition) is 1. The summed E-state index contributed by atoms with van der Waals surface area (Å²) in [5.41, 5.74) is 2.52. The van der Waals surface area contributed by atoms with Gasteiger partial charge in [0.05, 0.1) is 0 Å². The van der Waals surface area contributed by atoms with Gasteiger partial charge in [-0.05, 0) is 34.9 Å². The highest BCUT2D eigenvalue weighted by molar-refractivity contribution is 7.86. The van der Waals surface area contributed by atoms with E-state index in [0.717, 1.165) is 12.0 Å². The first kappa shape index (κ1) is 15.2. The molecule has 1 aromatic rings. The van der Waals surface area contributed by atoms with Gasteiger partial charge in [0, 0.05) is 0 Å². The van der Waals surface area contributed by atoms with E-state index in [1.165, 1.54) is 0 Å². The minimum Gasteiger partial charge on any atom is -0.282 e. The molecule has 0 spiro atoms. The minimum absolute atomic E-state index is 0.0610. The molecule has 1 N–H and O–H groups in total. The molecule has 0 fully saturated rings. The number of benzene rings is 1. The fourth-order valence-electron chi connectivity index (χ4n) is 2.10. The fourth-order valence-corrected chi connectivity index (χ4v) is 3.28. The second-order valence-corrected chi connectivity index (χ2v) is 6.60. The Balaban J connectivity index is 3.73. The van der Waals surface area contributed by atoms with Crippen LogP contribution >= 0.6 is 0 Å². The SMILES string of the molecule is CCc1cc(C(C)C)c(S(=O)(=O)O)c(C(C)C)c1. The van der Waals surface area contributed by atoms with Crippen molar-refractivity contribution in [2.24, 2.45) is 0 Å². The first-order chi connectivity index (χ1) is 8.18. The van der Waals surface area contributed by atoms with Crippen LogP contribution in [0.1, 0.15) is 63.1 Å². The van der Waals surface area contributed by atoms with Crippen molar-refractivity contribution in [2.75, 3.05) is 0 Å². The van der Waals surface area contributed by atoms with Crippen molar-refractivity contribution >= 4 is 10.1 Å². The number of hydrogen-bond acceptors (Lipinski definition) is 2. The molecule has 0 atom stereocenters. The standard InChI is InChI=1S/C14H22O3S/c1-6-11-7-12(9(2)3)14(18(15,16)17)13(8-11)10(4)5/h7-10H,6H2,1-5H3,(H,15,16,17). The topological polar surface area (TPSA) is 54.4 Å². The molecule has 0 aromatic heterocycles. The summed E-state index contributed by atoms with van der Waals surface area (Å²) >= 11 is 0. The van der Waals surface area contributed by atoms with Gasteiger partial charge in [-0.15, -0.1) is 0 Å². The van der Waals surface area contributed by atoms with E-state index in [4.69, 9.17) is 0 Å². The molecule has 3 nitrogen and oxygen atoms in total. The largest absolute Gasteiger partial charge is 0.295 e. The Hall–Kier alpha value is -0.870. The maximum Gasteiger partial charge on any atom is 0.295 e. The van der Waals surface area contributed by atoms with E-state index in [0.29, 0.717) is 11.1 Å². The van der Waals surface area contributed by atoms with Crippen LogP contribution < -0.4 is 0 Å².